The van der Waals surface area contributed by atoms with Crippen molar-refractivity contribution in [3.63, 3.8) is 0 Å². The summed E-state index contributed by atoms with van der Waals surface area (Å²) in [5, 5.41) is 0.646. The number of halogens is 2. The van der Waals surface area contributed by atoms with Crippen molar-refractivity contribution in [2.45, 2.75) is 18.7 Å². The molecule has 0 unspecified atom stereocenters. The fraction of sp³-hybridized carbons (Fsp3) is 0.400. The van der Waals surface area contributed by atoms with E-state index >= 15 is 0 Å². The van der Waals surface area contributed by atoms with E-state index in [2.05, 4.69) is 15.9 Å². The average molecular weight is 247 g/mol. The zero-order valence-electron chi connectivity index (χ0n) is 7.52. The standard InChI is InChI=1S/C10H12BrFO/c1-2-3-13-10-5-8(7-11)4-9(12)6-10/h4-6H,2-3,7H2,1H3. The van der Waals surface area contributed by atoms with E-state index in [0.717, 1.165) is 12.0 Å². The normalized spacial score (nSPS) is 10.1. The molecule has 1 nitrogen and oxygen atoms in total. The SMILES string of the molecule is CCCOc1cc(F)cc(CBr)c1. The first-order valence-electron chi connectivity index (χ1n) is 4.24. The predicted molar refractivity (Wildman–Crippen MR) is 54.8 cm³/mol. The van der Waals surface area contributed by atoms with Crippen LogP contribution in [0.5, 0.6) is 5.75 Å². The van der Waals surface area contributed by atoms with Crippen molar-refractivity contribution < 1.29 is 9.13 Å². The summed E-state index contributed by atoms with van der Waals surface area (Å²) in [4.78, 5) is 0. The molecule has 0 aliphatic heterocycles. The van der Waals surface area contributed by atoms with Gasteiger partial charge in [-0.1, -0.05) is 22.9 Å². The van der Waals surface area contributed by atoms with Crippen molar-refractivity contribution >= 4 is 15.9 Å². The van der Waals surface area contributed by atoms with Crippen LogP contribution in [0.1, 0.15) is 18.9 Å². The maximum absolute atomic E-state index is 12.9. The lowest BCUT2D eigenvalue weighted by Crippen LogP contribution is -1.96. The minimum atomic E-state index is -0.247. The molecule has 0 bridgehead atoms. The molecule has 0 saturated carbocycles. The second-order valence-corrected chi connectivity index (χ2v) is 3.34. The van der Waals surface area contributed by atoms with E-state index in [9.17, 15) is 4.39 Å². The molecule has 0 aliphatic rings. The lowest BCUT2D eigenvalue weighted by Gasteiger charge is -2.05. The molecule has 0 heterocycles. The van der Waals surface area contributed by atoms with Crippen LogP contribution in [0.3, 0.4) is 0 Å². The molecule has 3 heteroatoms. The zero-order valence-corrected chi connectivity index (χ0v) is 9.10. The van der Waals surface area contributed by atoms with Gasteiger partial charge in [0, 0.05) is 11.4 Å². The number of rotatable bonds is 4. The number of ether oxygens (including phenoxy) is 1. The van der Waals surface area contributed by atoms with E-state index in [1.165, 1.54) is 12.1 Å². The van der Waals surface area contributed by atoms with Crippen molar-refractivity contribution in [1.82, 2.24) is 0 Å². The third-order valence-corrected chi connectivity index (χ3v) is 2.21. The van der Waals surface area contributed by atoms with Gasteiger partial charge in [0.15, 0.2) is 0 Å². The molecule has 72 valence electrons. The van der Waals surface area contributed by atoms with Gasteiger partial charge in [0.1, 0.15) is 11.6 Å². The summed E-state index contributed by atoms with van der Waals surface area (Å²) in [7, 11) is 0. The van der Waals surface area contributed by atoms with E-state index in [-0.39, 0.29) is 5.82 Å². The molecule has 0 amide bonds. The van der Waals surface area contributed by atoms with Crippen LogP contribution >= 0.6 is 15.9 Å². The average Bonchev–Trinajstić information content (AvgIpc) is 2.14. The number of alkyl halides is 1. The summed E-state index contributed by atoms with van der Waals surface area (Å²) in [6, 6.07) is 4.74. The van der Waals surface area contributed by atoms with Gasteiger partial charge >= 0.3 is 0 Å². The van der Waals surface area contributed by atoms with Crippen LogP contribution in [-0.4, -0.2) is 6.61 Å². The first-order chi connectivity index (χ1) is 6.26. The minimum absolute atomic E-state index is 0.247. The van der Waals surface area contributed by atoms with Gasteiger partial charge in [-0.3, -0.25) is 0 Å². The van der Waals surface area contributed by atoms with E-state index < -0.39 is 0 Å². The van der Waals surface area contributed by atoms with Crippen LogP contribution in [0.4, 0.5) is 4.39 Å². The van der Waals surface area contributed by atoms with Crippen molar-refractivity contribution in [1.29, 1.82) is 0 Å². The molecular weight excluding hydrogens is 235 g/mol. The number of hydrogen-bond donors (Lipinski definition) is 0. The van der Waals surface area contributed by atoms with Crippen molar-refractivity contribution in [3.05, 3.63) is 29.6 Å². The van der Waals surface area contributed by atoms with Crippen LogP contribution in [0.25, 0.3) is 0 Å². The van der Waals surface area contributed by atoms with E-state index in [0.29, 0.717) is 17.7 Å². The highest BCUT2D eigenvalue weighted by Gasteiger charge is 2.00. The van der Waals surface area contributed by atoms with E-state index in [1.807, 2.05) is 13.0 Å². The molecule has 0 saturated heterocycles. The molecular formula is C10H12BrFO. The third kappa shape index (κ3) is 3.35. The number of benzene rings is 1. The molecule has 0 atom stereocenters. The van der Waals surface area contributed by atoms with Gasteiger partial charge in [0.05, 0.1) is 6.61 Å². The van der Waals surface area contributed by atoms with Gasteiger partial charge in [-0.05, 0) is 24.1 Å². The molecule has 0 N–H and O–H groups in total. The number of hydrogen-bond acceptors (Lipinski definition) is 1. The topological polar surface area (TPSA) is 9.23 Å². The smallest absolute Gasteiger partial charge is 0.127 e. The lowest BCUT2D eigenvalue weighted by atomic mass is 10.2. The second-order valence-electron chi connectivity index (χ2n) is 2.78. The Morgan fingerprint density at radius 3 is 2.77 bits per heavy atom. The van der Waals surface area contributed by atoms with Crippen LogP contribution in [-0.2, 0) is 5.33 Å². The van der Waals surface area contributed by atoms with Crippen molar-refractivity contribution in [2.24, 2.45) is 0 Å². The Balaban J connectivity index is 2.76. The summed E-state index contributed by atoms with van der Waals surface area (Å²) in [6.45, 7) is 2.65. The van der Waals surface area contributed by atoms with Crippen LogP contribution < -0.4 is 4.74 Å². The van der Waals surface area contributed by atoms with Crippen LogP contribution in [0.2, 0.25) is 0 Å². The Morgan fingerprint density at radius 1 is 1.38 bits per heavy atom. The van der Waals surface area contributed by atoms with Gasteiger partial charge in [0.2, 0.25) is 0 Å². The minimum Gasteiger partial charge on any atom is -0.493 e. The second kappa shape index (κ2) is 5.22. The highest BCUT2D eigenvalue weighted by molar-refractivity contribution is 9.08. The molecule has 0 radical (unpaired) electrons. The molecule has 13 heavy (non-hydrogen) atoms. The van der Waals surface area contributed by atoms with Gasteiger partial charge in [-0.2, -0.15) is 0 Å². The maximum atomic E-state index is 12.9. The van der Waals surface area contributed by atoms with Gasteiger partial charge < -0.3 is 4.74 Å². The van der Waals surface area contributed by atoms with Crippen LogP contribution in [0, 0.1) is 5.82 Å². The highest BCUT2D eigenvalue weighted by Crippen LogP contribution is 2.18. The molecule has 0 fully saturated rings. The molecule has 0 aromatic heterocycles. The fourth-order valence-electron chi connectivity index (χ4n) is 1.00. The molecule has 0 aliphatic carbocycles. The Bertz CT molecular complexity index is 276. The first-order valence-corrected chi connectivity index (χ1v) is 5.36. The monoisotopic (exact) mass is 246 g/mol. The molecule has 0 spiro atoms. The van der Waals surface area contributed by atoms with Gasteiger partial charge in [-0.15, -0.1) is 0 Å². The van der Waals surface area contributed by atoms with Crippen molar-refractivity contribution in [3.8, 4) is 5.75 Å². The third-order valence-electron chi connectivity index (χ3n) is 1.56. The Labute approximate surface area is 86.0 Å². The first kappa shape index (κ1) is 10.5. The van der Waals surface area contributed by atoms with E-state index in [1.54, 1.807) is 0 Å². The quantitative estimate of drug-likeness (QED) is 0.740. The largest absolute Gasteiger partial charge is 0.493 e. The summed E-state index contributed by atoms with van der Waals surface area (Å²) < 4.78 is 18.3. The molecule has 1 aromatic carbocycles. The summed E-state index contributed by atoms with van der Waals surface area (Å²) >= 11 is 3.27. The summed E-state index contributed by atoms with van der Waals surface area (Å²) in [5.41, 5.74) is 0.895. The van der Waals surface area contributed by atoms with Gasteiger partial charge in [0.25, 0.3) is 0 Å². The van der Waals surface area contributed by atoms with Crippen molar-refractivity contribution in [2.75, 3.05) is 6.61 Å². The highest BCUT2D eigenvalue weighted by atomic mass is 79.9. The lowest BCUT2D eigenvalue weighted by molar-refractivity contribution is 0.315. The Morgan fingerprint density at radius 2 is 2.15 bits per heavy atom. The Kier molecular flexibility index (Phi) is 4.22. The van der Waals surface area contributed by atoms with Crippen LogP contribution in [0.15, 0.2) is 18.2 Å². The Hall–Kier alpha value is -0.570. The maximum Gasteiger partial charge on any atom is 0.127 e. The zero-order chi connectivity index (χ0) is 9.68. The van der Waals surface area contributed by atoms with E-state index in [4.69, 9.17) is 4.74 Å². The fourth-order valence-corrected chi connectivity index (χ4v) is 1.32. The molecule has 1 aromatic rings. The summed E-state index contributed by atoms with van der Waals surface area (Å²) in [5.74, 6) is 0.361. The summed E-state index contributed by atoms with van der Waals surface area (Å²) in [6.07, 6.45) is 0.931. The molecule has 1 rings (SSSR count). The predicted octanol–water partition coefficient (Wildman–Crippen LogP) is 3.51. The van der Waals surface area contributed by atoms with Gasteiger partial charge in [-0.25, -0.2) is 4.39 Å².